The lowest BCUT2D eigenvalue weighted by molar-refractivity contribution is -0.384. The van der Waals surface area contributed by atoms with E-state index in [1.807, 2.05) is 0 Å². The molecule has 1 rings (SSSR count). The van der Waals surface area contributed by atoms with E-state index in [4.69, 9.17) is 5.11 Å². The Morgan fingerprint density at radius 3 is 2.93 bits per heavy atom. The monoisotopic (exact) mass is 275 g/mol. The molecule has 8 heteroatoms. The molecule has 0 saturated heterocycles. The molecule has 1 aromatic heterocycles. The van der Waals surface area contributed by atoms with E-state index in [1.54, 1.807) is 0 Å². The first kappa shape index (κ1) is 11.4. The number of nitrogens with one attached hydrogen (secondary N) is 1. The van der Waals surface area contributed by atoms with Crippen LogP contribution in [0.2, 0.25) is 0 Å². The number of aromatic nitrogens is 1. The van der Waals surface area contributed by atoms with E-state index in [9.17, 15) is 14.9 Å². The van der Waals surface area contributed by atoms with Crippen LogP contribution in [-0.2, 0) is 4.79 Å². The fourth-order valence-electron chi connectivity index (χ4n) is 0.863. The Labute approximate surface area is 92.4 Å². The van der Waals surface area contributed by atoms with Gasteiger partial charge < -0.3 is 10.4 Å². The van der Waals surface area contributed by atoms with Crippen molar-refractivity contribution in [2.75, 3.05) is 11.9 Å². The number of anilines is 1. The van der Waals surface area contributed by atoms with Gasteiger partial charge >= 0.3 is 11.7 Å². The highest BCUT2D eigenvalue weighted by Gasteiger charge is 2.15. The summed E-state index contributed by atoms with van der Waals surface area (Å²) in [6, 6.07) is 1.25. The quantitative estimate of drug-likeness (QED) is 0.633. The second-order valence-electron chi connectivity index (χ2n) is 2.53. The Balaban J connectivity index is 2.95. The van der Waals surface area contributed by atoms with E-state index in [0.29, 0.717) is 4.47 Å². The Morgan fingerprint density at radius 1 is 1.73 bits per heavy atom. The molecule has 0 aliphatic carbocycles. The SMILES string of the molecule is O=C(O)CNc1ncc(Br)cc1[N+](=O)[O-]. The number of hydrogen-bond donors (Lipinski definition) is 2. The second kappa shape index (κ2) is 4.69. The maximum absolute atomic E-state index is 10.6. The highest BCUT2D eigenvalue weighted by atomic mass is 79.9. The average molecular weight is 276 g/mol. The summed E-state index contributed by atoms with van der Waals surface area (Å²) in [4.78, 5) is 23.9. The van der Waals surface area contributed by atoms with Crippen molar-refractivity contribution in [3.63, 3.8) is 0 Å². The molecule has 0 radical (unpaired) electrons. The van der Waals surface area contributed by atoms with Crippen molar-refractivity contribution in [3.8, 4) is 0 Å². The second-order valence-corrected chi connectivity index (χ2v) is 3.44. The molecule has 15 heavy (non-hydrogen) atoms. The fraction of sp³-hybridized carbons (Fsp3) is 0.143. The summed E-state index contributed by atoms with van der Waals surface area (Å²) in [6.07, 6.45) is 1.34. The number of carbonyl (C=O) groups is 1. The predicted molar refractivity (Wildman–Crippen MR) is 54.7 cm³/mol. The topological polar surface area (TPSA) is 105 Å². The third-order valence-electron chi connectivity index (χ3n) is 1.44. The van der Waals surface area contributed by atoms with Crippen LogP contribution in [0.4, 0.5) is 11.5 Å². The molecule has 0 spiro atoms. The van der Waals surface area contributed by atoms with Crippen LogP contribution in [-0.4, -0.2) is 27.5 Å². The van der Waals surface area contributed by atoms with Crippen molar-refractivity contribution in [2.24, 2.45) is 0 Å². The maximum atomic E-state index is 10.6. The van der Waals surface area contributed by atoms with E-state index < -0.39 is 17.4 Å². The Morgan fingerprint density at radius 2 is 2.40 bits per heavy atom. The van der Waals surface area contributed by atoms with E-state index in [1.165, 1.54) is 12.3 Å². The van der Waals surface area contributed by atoms with Gasteiger partial charge in [0.05, 0.1) is 4.92 Å². The highest BCUT2D eigenvalue weighted by molar-refractivity contribution is 9.10. The van der Waals surface area contributed by atoms with Crippen LogP contribution >= 0.6 is 15.9 Å². The van der Waals surface area contributed by atoms with Gasteiger partial charge in [0.2, 0.25) is 5.82 Å². The first-order valence-electron chi connectivity index (χ1n) is 3.76. The van der Waals surface area contributed by atoms with Crippen LogP contribution in [0.3, 0.4) is 0 Å². The number of aliphatic carboxylic acids is 1. The molecule has 0 fully saturated rings. The molecule has 0 saturated carbocycles. The molecule has 1 aromatic rings. The molecule has 0 unspecified atom stereocenters. The first-order valence-corrected chi connectivity index (χ1v) is 4.55. The minimum absolute atomic E-state index is 0.0643. The lowest BCUT2D eigenvalue weighted by Gasteiger charge is -2.03. The van der Waals surface area contributed by atoms with Gasteiger partial charge in [0.25, 0.3) is 0 Å². The molecule has 7 nitrogen and oxygen atoms in total. The molecular formula is C7H6BrN3O4. The van der Waals surface area contributed by atoms with Gasteiger partial charge in [0.15, 0.2) is 0 Å². The first-order chi connectivity index (χ1) is 7.00. The van der Waals surface area contributed by atoms with Crippen molar-refractivity contribution in [1.82, 2.24) is 4.98 Å². The van der Waals surface area contributed by atoms with Crippen LogP contribution in [0.5, 0.6) is 0 Å². The van der Waals surface area contributed by atoms with Gasteiger partial charge in [-0.2, -0.15) is 0 Å². The van der Waals surface area contributed by atoms with Crippen LogP contribution in [0, 0.1) is 10.1 Å². The van der Waals surface area contributed by atoms with E-state index >= 15 is 0 Å². The molecule has 0 amide bonds. The number of pyridine rings is 1. The van der Waals surface area contributed by atoms with Crippen LogP contribution in [0.1, 0.15) is 0 Å². The summed E-state index contributed by atoms with van der Waals surface area (Å²) >= 11 is 3.03. The molecule has 0 aliphatic rings. The zero-order valence-electron chi connectivity index (χ0n) is 7.31. The normalized spacial score (nSPS) is 9.67. The van der Waals surface area contributed by atoms with Gasteiger partial charge in [0.1, 0.15) is 6.54 Å². The molecule has 80 valence electrons. The van der Waals surface area contributed by atoms with Gasteiger partial charge in [-0.3, -0.25) is 14.9 Å². The van der Waals surface area contributed by atoms with Gasteiger partial charge in [0, 0.05) is 16.7 Å². The number of nitrogens with zero attached hydrogens (tertiary/aromatic N) is 2. The standard InChI is InChI=1S/C7H6BrN3O4/c8-4-1-5(11(14)15)7(9-2-4)10-3-6(12)13/h1-2H,3H2,(H,9,10)(H,12,13). The summed E-state index contributed by atoms with van der Waals surface area (Å²) in [7, 11) is 0. The molecule has 0 atom stereocenters. The molecule has 0 aromatic carbocycles. The van der Waals surface area contributed by atoms with E-state index in [0.717, 1.165) is 0 Å². The van der Waals surface area contributed by atoms with E-state index in [2.05, 4.69) is 26.2 Å². The Kier molecular flexibility index (Phi) is 3.56. The van der Waals surface area contributed by atoms with Crippen molar-refractivity contribution < 1.29 is 14.8 Å². The molecule has 0 aliphatic heterocycles. The molecule has 1 heterocycles. The van der Waals surface area contributed by atoms with Gasteiger partial charge in [-0.25, -0.2) is 4.98 Å². The van der Waals surface area contributed by atoms with E-state index in [-0.39, 0.29) is 11.5 Å². The largest absolute Gasteiger partial charge is 0.480 e. The minimum Gasteiger partial charge on any atom is -0.480 e. The van der Waals surface area contributed by atoms with Crippen LogP contribution < -0.4 is 5.32 Å². The fourth-order valence-corrected chi connectivity index (χ4v) is 1.18. The number of carboxylic acids is 1. The minimum atomic E-state index is -1.12. The summed E-state index contributed by atoms with van der Waals surface area (Å²) in [5.41, 5.74) is -0.273. The lowest BCUT2D eigenvalue weighted by atomic mass is 10.4. The van der Waals surface area contributed by atoms with Gasteiger partial charge in [-0.15, -0.1) is 0 Å². The van der Waals surface area contributed by atoms with Gasteiger partial charge in [-0.05, 0) is 15.9 Å². The van der Waals surface area contributed by atoms with Crippen molar-refractivity contribution >= 4 is 33.4 Å². The lowest BCUT2D eigenvalue weighted by Crippen LogP contribution is -2.14. The predicted octanol–water partition coefficient (Wildman–Crippen LogP) is 1.25. The van der Waals surface area contributed by atoms with Crippen LogP contribution in [0.15, 0.2) is 16.7 Å². The van der Waals surface area contributed by atoms with Crippen molar-refractivity contribution in [2.45, 2.75) is 0 Å². The number of nitro groups is 1. The zero-order chi connectivity index (χ0) is 11.4. The third-order valence-corrected chi connectivity index (χ3v) is 1.87. The third kappa shape index (κ3) is 3.17. The highest BCUT2D eigenvalue weighted by Crippen LogP contribution is 2.24. The molecular weight excluding hydrogens is 270 g/mol. The number of rotatable bonds is 4. The summed E-state index contributed by atoms with van der Waals surface area (Å²) in [5, 5.41) is 21.3. The number of halogens is 1. The summed E-state index contributed by atoms with van der Waals surface area (Å²) in [5.74, 6) is -1.18. The summed E-state index contributed by atoms with van der Waals surface area (Å²) in [6.45, 7) is -0.421. The number of hydrogen-bond acceptors (Lipinski definition) is 5. The summed E-state index contributed by atoms with van der Waals surface area (Å²) < 4.78 is 0.454. The molecule has 2 N–H and O–H groups in total. The van der Waals surface area contributed by atoms with Crippen LogP contribution in [0.25, 0.3) is 0 Å². The average Bonchev–Trinajstić information content (AvgIpc) is 2.15. The molecule has 0 bridgehead atoms. The number of carboxylic acid groups (broad SMARTS) is 1. The smallest absolute Gasteiger partial charge is 0.322 e. The van der Waals surface area contributed by atoms with Gasteiger partial charge in [-0.1, -0.05) is 0 Å². The van der Waals surface area contributed by atoms with Crippen molar-refractivity contribution in [3.05, 3.63) is 26.9 Å². The zero-order valence-corrected chi connectivity index (χ0v) is 8.89. The maximum Gasteiger partial charge on any atom is 0.322 e. The Bertz CT molecular complexity index is 409. The van der Waals surface area contributed by atoms with Crippen molar-refractivity contribution in [1.29, 1.82) is 0 Å². The Hall–Kier alpha value is -1.70.